The Hall–Kier alpha value is -1.59. The van der Waals surface area contributed by atoms with E-state index in [-0.39, 0.29) is 11.8 Å². The van der Waals surface area contributed by atoms with Crippen molar-refractivity contribution in [1.82, 2.24) is 10.8 Å². The summed E-state index contributed by atoms with van der Waals surface area (Å²) in [6.45, 7) is 2.13. The van der Waals surface area contributed by atoms with Crippen LogP contribution in [0.15, 0.2) is 4.99 Å². The molecular formula is C10H19N5O5. The number of nitrogens with one attached hydrogen (secondary N) is 4. The average molecular weight is 289 g/mol. The number of hydrogen-bond acceptors (Lipinski definition) is 8. The third kappa shape index (κ3) is 2.94. The molecule has 0 aromatic carbocycles. The maximum atomic E-state index is 10.2. The molecule has 0 bridgehead atoms. The summed E-state index contributed by atoms with van der Waals surface area (Å²) in [6.07, 6.45) is -2.03. The van der Waals surface area contributed by atoms with E-state index in [0.29, 0.717) is 6.21 Å². The van der Waals surface area contributed by atoms with Crippen LogP contribution in [0.2, 0.25) is 0 Å². The van der Waals surface area contributed by atoms with Crippen LogP contribution in [0, 0.1) is 10.8 Å². The molecule has 0 unspecified atom stereocenters. The van der Waals surface area contributed by atoms with Gasteiger partial charge in [-0.1, -0.05) is 0 Å². The van der Waals surface area contributed by atoms with Gasteiger partial charge in [0, 0.05) is 0 Å². The molecule has 1 aliphatic heterocycles. The fourth-order valence-electron chi connectivity index (χ4n) is 1.84. The molecule has 8 N–H and O–H groups in total. The minimum atomic E-state index is -1.81. The lowest BCUT2D eigenvalue weighted by Gasteiger charge is -2.27. The number of ether oxygens (including phenoxy) is 1. The van der Waals surface area contributed by atoms with E-state index in [1.54, 1.807) is 5.48 Å². The SMILES string of the molecule is C[C@]1(O)[C@H](N=C(NO)NC(=N)C=N)O[C@](C)(CO)[C@H]1O. The summed E-state index contributed by atoms with van der Waals surface area (Å²) >= 11 is 0. The molecule has 1 saturated heterocycles. The van der Waals surface area contributed by atoms with Gasteiger partial charge in [-0.05, 0) is 13.8 Å². The van der Waals surface area contributed by atoms with E-state index in [0.717, 1.165) is 0 Å². The Morgan fingerprint density at radius 2 is 2.10 bits per heavy atom. The maximum absolute atomic E-state index is 10.2. The van der Waals surface area contributed by atoms with Gasteiger partial charge >= 0.3 is 0 Å². The van der Waals surface area contributed by atoms with Gasteiger partial charge in [0.1, 0.15) is 23.1 Å². The summed E-state index contributed by atoms with van der Waals surface area (Å²) in [7, 11) is 0. The second-order valence-electron chi connectivity index (χ2n) is 4.84. The molecule has 0 aromatic rings. The lowest BCUT2D eigenvalue weighted by Crippen LogP contribution is -2.50. The fourth-order valence-corrected chi connectivity index (χ4v) is 1.84. The predicted octanol–water partition coefficient (Wildman–Crippen LogP) is -2.24. The minimum absolute atomic E-state index is 0.349. The second kappa shape index (κ2) is 5.81. The van der Waals surface area contributed by atoms with Crippen LogP contribution < -0.4 is 10.8 Å². The summed E-state index contributed by atoms with van der Waals surface area (Å²) < 4.78 is 5.32. The van der Waals surface area contributed by atoms with Gasteiger partial charge in [-0.3, -0.25) is 10.6 Å². The first kappa shape index (κ1) is 16.5. The third-order valence-corrected chi connectivity index (χ3v) is 3.08. The van der Waals surface area contributed by atoms with Crippen molar-refractivity contribution in [3.8, 4) is 0 Å². The Balaban J connectivity index is 3.00. The molecule has 0 aromatic heterocycles. The zero-order valence-corrected chi connectivity index (χ0v) is 11.1. The van der Waals surface area contributed by atoms with Gasteiger partial charge in [-0.15, -0.1) is 0 Å². The first-order valence-corrected chi connectivity index (χ1v) is 5.74. The van der Waals surface area contributed by atoms with E-state index in [9.17, 15) is 15.3 Å². The monoisotopic (exact) mass is 289 g/mol. The van der Waals surface area contributed by atoms with Crippen molar-refractivity contribution < 1.29 is 25.3 Å². The van der Waals surface area contributed by atoms with Crippen LogP contribution in [0.1, 0.15) is 13.8 Å². The number of hydrogen-bond donors (Lipinski definition) is 8. The second-order valence-corrected chi connectivity index (χ2v) is 4.84. The van der Waals surface area contributed by atoms with Gasteiger partial charge in [-0.25, -0.2) is 10.5 Å². The van der Waals surface area contributed by atoms with Crippen LogP contribution in [0.4, 0.5) is 0 Å². The van der Waals surface area contributed by atoms with Crippen LogP contribution in [-0.4, -0.2) is 68.7 Å². The molecule has 0 saturated carbocycles. The van der Waals surface area contributed by atoms with Gasteiger partial charge < -0.3 is 30.8 Å². The molecule has 4 atom stereocenters. The average Bonchev–Trinajstić information content (AvgIpc) is 2.59. The van der Waals surface area contributed by atoms with Gasteiger partial charge in [0.2, 0.25) is 5.96 Å². The highest BCUT2D eigenvalue weighted by molar-refractivity contribution is 6.30. The first-order valence-electron chi connectivity index (χ1n) is 5.74. The van der Waals surface area contributed by atoms with Crippen LogP contribution in [0.3, 0.4) is 0 Å². The summed E-state index contributed by atoms with van der Waals surface area (Å²) in [6, 6.07) is 0. The van der Waals surface area contributed by atoms with Crippen molar-refractivity contribution in [3.05, 3.63) is 0 Å². The molecule has 1 rings (SSSR count). The highest BCUT2D eigenvalue weighted by atomic mass is 16.6. The molecule has 0 spiro atoms. The lowest BCUT2D eigenvalue weighted by molar-refractivity contribution is -0.0980. The highest BCUT2D eigenvalue weighted by Gasteiger charge is 2.58. The van der Waals surface area contributed by atoms with E-state index in [4.69, 9.17) is 20.8 Å². The fraction of sp³-hybridized carbons (Fsp3) is 0.700. The smallest absolute Gasteiger partial charge is 0.223 e. The maximum Gasteiger partial charge on any atom is 0.223 e. The molecule has 0 aliphatic carbocycles. The zero-order valence-electron chi connectivity index (χ0n) is 11.1. The van der Waals surface area contributed by atoms with E-state index in [2.05, 4.69) is 10.3 Å². The Morgan fingerprint density at radius 1 is 1.50 bits per heavy atom. The van der Waals surface area contributed by atoms with Gasteiger partial charge in [0.05, 0.1) is 12.8 Å². The molecule has 1 fully saturated rings. The standard InChI is InChI=1S/C10H19N5O5/c1-9(4-16)6(17)10(2,18)7(20-9)14-8(15-19)13-5(12)3-11/h3,6-7,11,16-19H,4H2,1-2H3,(H3,12,13,14,15)/t6-,7-,9-,10-/m1/s1. The van der Waals surface area contributed by atoms with Gasteiger partial charge in [0.25, 0.3) is 0 Å². The Kier molecular flexibility index (Phi) is 4.78. The number of aliphatic hydroxyl groups is 3. The minimum Gasteiger partial charge on any atom is -0.393 e. The molecule has 0 radical (unpaired) electrons. The molecule has 1 aliphatic rings. The number of amidine groups is 1. The Bertz CT molecular complexity index is 426. The van der Waals surface area contributed by atoms with Crippen LogP contribution in [-0.2, 0) is 4.74 Å². The molecule has 10 nitrogen and oxygen atoms in total. The molecule has 10 heteroatoms. The third-order valence-electron chi connectivity index (χ3n) is 3.08. The van der Waals surface area contributed by atoms with Crippen molar-refractivity contribution in [2.24, 2.45) is 4.99 Å². The van der Waals surface area contributed by atoms with Crippen molar-refractivity contribution in [1.29, 1.82) is 10.8 Å². The number of nitrogens with zero attached hydrogens (tertiary/aromatic N) is 1. The zero-order chi connectivity index (χ0) is 15.6. The summed E-state index contributed by atoms with van der Waals surface area (Å²) in [5, 5.41) is 54.6. The molecule has 0 amide bonds. The van der Waals surface area contributed by atoms with Gasteiger partial charge in [-0.2, -0.15) is 0 Å². The highest BCUT2D eigenvalue weighted by Crippen LogP contribution is 2.38. The van der Waals surface area contributed by atoms with E-state index >= 15 is 0 Å². The van der Waals surface area contributed by atoms with Crippen LogP contribution in [0.5, 0.6) is 0 Å². The normalized spacial score (nSPS) is 37.6. The summed E-state index contributed by atoms with van der Waals surface area (Å²) in [5.74, 6) is -0.716. The van der Waals surface area contributed by atoms with Crippen LogP contribution >= 0.6 is 0 Å². The largest absolute Gasteiger partial charge is 0.393 e. The lowest BCUT2D eigenvalue weighted by atomic mass is 9.89. The van der Waals surface area contributed by atoms with Crippen LogP contribution in [0.25, 0.3) is 0 Å². The quantitative estimate of drug-likeness (QED) is 0.164. The predicted molar refractivity (Wildman–Crippen MR) is 69.0 cm³/mol. The number of aliphatic hydroxyl groups excluding tert-OH is 2. The topological polar surface area (TPSA) is 174 Å². The molecule has 20 heavy (non-hydrogen) atoms. The van der Waals surface area contributed by atoms with E-state index in [1.165, 1.54) is 13.8 Å². The van der Waals surface area contributed by atoms with Crippen molar-refractivity contribution >= 4 is 18.0 Å². The first-order chi connectivity index (χ1) is 9.21. The molecular weight excluding hydrogens is 270 g/mol. The van der Waals surface area contributed by atoms with E-state index in [1.807, 2.05) is 0 Å². The Labute approximate surface area is 115 Å². The summed E-state index contributed by atoms with van der Waals surface area (Å²) in [5.41, 5.74) is -1.57. The number of rotatable bonds is 3. The number of aliphatic imine (C=N–C) groups is 1. The van der Waals surface area contributed by atoms with Gasteiger partial charge in [0.15, 0.2) is 6.23 Å². The number of hydroxylamine groups is 1. The molecule has 1 heterocycles. The molecule has 114 valence electrons. The summed E-state index contributed by atoms with van der Waals surface area (Å²) in [4.78, 5) is 3.79. The van der Waals surface area contributed by atoms with Crippen molar-refractivity contribution in [3.63, 3.8) is 0 Å². The van der Waals surface area contributed by atoms with Crippen molar-refractivity contribution in [2.45, 2.75) is 37.4 Å². The van der Waals surface area contributed by atoms with E-state index < -0.39 is 30.1 Å². The Morgan fingerprint density at radius 3 is 2.50 bits per heavy atom. The number of guanidine groups is 1. The van der Waals surface area contributed by atoms with Crippen molar-refractivity contribution in [2.75, 3.05) is 6.61 Å².